The van der Waals surface area contributed by atoms with Crippen molar-refractivity contribution in [2.75, 3.05) is 39.0 Å². The molecule has 3 atom stereocenters. The van der Waals surface area contributed by atoms with Gasteiger partial charge in [-0.25, -0.2) is 19.3 Å². The lowest BCUT2D eigenvalue weighted by Gasteiger charge is -2.39. The third-order valence-electron chi connectivity index (χ3n) is 3.90. The Labute approximate surface area is 172 Å². The fourth-order valence-electron chi connectivity index (χ4n) is 2.54. The molecule has 0 aliphatic carbocycles. The first kappa shape index (κ1) is 24.2. The van der Waals surface area contributed by atoms with Gasteiger partial charge in [-0.1, -0.05) is 0 Å². The van der Waals surface area contributed by atoms with Crippen LogP contribution in [0.1, 0.15) is 20.8 Å². The fraction of sp³-hybridized carbons (Fsp3) is 0.857. The van der Waals surface area contributed by atoms with Crippen LogP contribution in [0.3, 0.4) is 0 Å². The molecule has 27 heavy (non-hydrogen) atoms. The highest BCUT2D eigenvalue weighted by Gasteiger charge is 2.35. The lowest BCUT2D eigenvalue weighted by Crippen LogP contribution is -2.65. The number of sulfonamides is 1. The molecule has 10 nitrogen and oxygen atoms in total. The molecule has 6 N–H and O–H groups in total. The van der Waals surface area contributed by atoms with Crippen LogP contribution in [0.15, 0.2) is 0 Å². The predicted molar refractivity (Wildman–Crippen MR) is 114 cm³/mol. The first-order chi connectivity index (χ1) is 12.7. The van der Waals surface area contributed by atoms with Crippen molar-refractivity contribution in [3.05, 3.63) is 0 Å². The van der Waals surface area contributed by atoms with Gasteiger partial charge in [0, 0.05) is 32.2 Å². The van der Waals surface area contributed by atoms with Crippen LogP contribution in [0, 0.1) is 0 Å². The van der Waals surface area contributed by atoms with E-state index in [1.807, 2.05) is 20.8 Å². The van der Waals surface area contributed by atoms with Crippen molar-refractivity contribution in [1.82, 2.24) is 36.6 Å². The van der Waals surface area contributed by atoms with E-state index >= 15 is 0 Å². The molecule has 0 bridgehead atoms. The standard InChI is InChI=1S/C14H31N7O3S3/c1-5-15-13(25)19-17-10(3)12(18-20-14(26)16-6-2)11-9-21(7-8-24-11)27(4,22)23/h10-12,17-18H,5-9H2,1-4H3,(H2,15,19,25)(H2,16,20,26). The SMILES string of the molecule is CCNC(=S)NNC(C)C(NNC(=S)NCC)C1CN(S(C)(=O)=O)CCO1. The van der Waals surface area contributed by atoms with Crippen molar-refractivity contribution in [3.63, 3.8) is 0 Å². The second-order valence-electron chi connectivity index (χ2n) is 6.10. The van der Waals surface area contributed by atoms with Gasteiger partial charge in [-0.3, -0.25) is 10.9 Å². The molecule has 0 radical (unpaired) electrons. The van der Waals surface area contributed by atoms with Crippen LogP contribution in [0.5, 0.6) is 0 Å². The first-order valence-electron chi connectivity index (χ1n) is 8.84. The smallest absolute Gasteiger partial charge is 0.211 e. The zero-order chi connectivity index (χ0) is 20.4. The number of thiocarbonyl (C=S) groups is 2. The van der Waals surface area contributed by atoms with E-state index in [1.54, 1.807) is 0 Å². The number of hydrogen-bond donors (Lipinski definition) is 6. The quantitative estimate of drug-likeness (QED) is 0.183. The van der Waals surface area contributed by atoms with E-state index in [2.05, 4.69) is 32.3 Å². The van der Waals surface area contributed by atoms with Crippen molar-refractivity contribution in [3.8, 4) is 0 Å². The molecule has 1 saturated heterocycles. The van der Waals surface area contributed by atoms with Crippen LogP contribution in [-0.4, -0.2) is 80.2 Å². The molecule has 0 saturated carbocycles. The monoisotopic (exact) mass is 441 g/mol. The zero-order valence-electron chi connectivity index (χ0n) is 16.2. The predicted octanol–water partition coefficient (Wildman–Crippen LogP) is -1.62. The Kier molecular flexibility index (Phi) is 10.7. The van der Waals surface area contributed by atoms with Crippen LogP contribution in [0.25, 0.3) is 0 Å². The maximum Gasteiger partial charge on any atom is 0.211 e. The Morgan fingerprint density at radius 3 is 2.22 bits per heavy atom. The molecule has 1 heterocycles. The molecule has 158 valence electrons. The van der Waals surface area contributed by atoms with Crippen LogP contribution in [0.2, 0.25) is 0 Å². The van der Waals surface area contributed by atoms with E-state index < -0.39 is 10.0 Å². The summed E-state index contributed by atoms with van der Waals surface area (Å²) in [5, 5.41) is 6.89. The van der Waals surface area contributed by atoms with Gasteiger partial charge in [0.25, 0.3) is 0 Å². The number of nitrogens with zero attached hydrogens (tertiary/aromatic N) is 1. The van der Waals surface area contributed by atoms with E-state index in [-0.39, 0.29) is 24.7 Å². The highest BCUT2D eigenvalue weighted by Crippen LogP contribution is 2.14. The third-order valence-corrected chi connectivity index (χ3v) is 5.67. The minimum atomic E-state index is -3.29. The summed E-state index contributed by atoms with van der Waals surface area (Å²) < 4.78 is 31.1. The summed E-state index contributed by atoms with van der Waals surface area (Å²) in [6.45, 7) is 8.12. The lowest BCUT2D eigenvalue weighted by atomic mass is 10.0. The van der Waals surface area contributed by atoms with Gasteiger partial charge in [-0.2, -0.15) is 4.31 Å². The van der Waals surface area contributed by atoms with E-state index in [0.29, 0.717) is 36.5 Å². The van der Waals surface area contributed by atoms with Crippen molar-refractivity contribution < 1.29 is 13.2 Å². The van der Waals surface area contributed by atoms with Gasteiger partial charge in [0.1, 0.15) is 0 Å². The summed E-state index contributed by atoms with van der Waals surface area (Å²) in [5.41, 5.74) is 12.1. The van der Waals surface area contributed by atoms with E-state index in [0.717, 1.165) is 0 Å². The Bertz CT molecular complexity index is 591. The summed E-state index contributed by atoms with van der Waals surface area (Å²) in [6, 6.07) is -0.480. The van der Waals surface area contributed by atoms with Gasteiger partial charge in [0.05, 0.1) is 25.0 Å². The molecular weight excluding hydrogens is 410 g/mol. The molecule has 0 aromatic rings. The molecule has 1 aliphatic rings. The Morgan fingerprint density at radius 2 is 1.70 bits per heavy atom. The van der Waals surface area contributed by atoms with E-state index in [4.69, 9.17) is 29.2 Å². The molecule has 1 aliphatic heterocycles. The largest absolute Gasteiger partial charge is 0.374 e. The van der Waals surface area contributed by atoms with Gasteiger partial charge in [0.15, 0.2) is 10.2 Å². The normalized spacial score (nSPS) is 20.4. The van der Waals surface area contributed by atoms with Gasteiger partial charge in [0.2, 0.25) is 10.0 Å². The molecule has 0 aromatic carbocycles. The Balaban J connectivity index is 2.79. The lowest BCUT2D eigenvalue weighted by molar-refractivity contribution is -0.0303. The average molecular weight is 442 g/mol. The summed E-state index contributed by atoms with van der Waals surface area (Å²) in [7, 11) is -3.29. The molecule has 13 heteroatoms. The average Bonchev–Trinajstić information content (AvgIpc) is 2.60. The Hall–Kier alpha value is -0.830. The molecule has 0 amide bonds. The first-order valence-corrected chi connectivity index (χ1v) is 11.5. The number of rotatable bonds is 9. The fourth-order valence-corrected chi connectivity index (χ4v) is 3.77. The van der Waals surface area contributed by atoms with Crippen LogP contribution >= 0.6 is 24.4 Å². The molecule has 0 aromatic heterocycles. The molecule has 0 spiro atoms. The second-order valence-corrected chi connectivity index (χ2v) is 8.90. The van der Waals surface area contributed by atoms with Crippen molar-refractivity contribution in [2.24, 2.45) is 0 Å². The number of ether oxygens (including phenoxy) is 1. The minimum Gasteiger partial charge on any atom is -0.374 e. The maximum absolute atomic E-state index is 11.9. The van der Waals surface area contributed by atoms with Crippen molar-refractivity contribution >= 4 is 44.7 Å². The van der Waals surface area contributed by atoms with E-state index in [9.17, 15) is 8.42 Å². The number of nitrogens with one attached hydrogen (secondary N) is 6. The summed E-state index contributed by atoms with van der Waals surface area (Å²) >= 11 is 10.3. The topological polar surface area (TPSA) is 119 Å². The number of hydrazine groups is 2. The van der Waals surface area contributed by atoms with Gasteiger partial charge >= 0.3 is 0 Å². The van der Waals surface area contributed by atoms with Gasteiger partial charge in [-0.05, 0) is 45.2 Å². The Morgan fingerprint density at radius 1 is 1.15 bits per heavy atom. The third kappa shape index (κ3) is 8.81. The molecule has 3 unspecified atom stereocenters. The summed E-state index contributed by atoms with van der Waals surface area (Å²) in [6.07, 6.45) is 0.816. The van der Waals surface area contributed by atoms with Crippen LogP contribution in [-0.2, 0) is 14.8 Å². The van der Waals surface area contributed by atoms with E-state index in [1.165, 1.54) is 10.6 Å². The number of morpholine rings is 1. The molecular formula is C14H31N7O3S3. The summed E-state index contributed by atoms with van der Waals surface area (Å²) in [5.74, 6) is 0. The van der Waals surface area contributed by atoms with Crippen LogP contribution in [0.4, 0.5) is 0 Å². The van der Waals surface area contributed by atoms with Crippen molar-refractivity contribution in [1.29, 1.82) is 0 Å². The van der Waals surface area contributed by atoms with Crippen molar-refractivity contribution in [2.45, 2.75) is 39.0 Å². The van der Waals surface area contributed by atoms with Gasteiger partial charge in [-0.15, -0.1) is 0 Å². The summed E-state index contributed by atoms with van der Waals surface area (Å²) in [4.78, 5) is 0. The highest BCUT2D eigenvalue weighted by molar-refractivity contribution is 7.88. The molecule has 1 fully saturated rings. The number of hydrogen-bond acceptors (Lipinski definition) is 7. The molecule has 1 rings (SSSR count). The zero-order valence-corrected chi connectivity index (χ0v) is 18.6. The maximum atomic E-state index is 11.9. The van der Waals surface area contributed by atoms with Crippen LogP contribution < -0.4 is 32.3 Å². The highest BCUT2D eigenvalue weighted by atomic mass is 32.2. The second kappa shape index (κ2) is 11.9. The minimum absolute atomic E-state index is 0.178. The van der Waals surface area contributed by atoms with Gasteiger partial charge < -0.3 is 15.4 Å².